The highest BCUT2D eigenvalue weighted by molar-refractivity contribution is 5.99. The molecule has 0 fully saturated rings. The maximum Gasteiger partial charge on any atom is 0.342 e. The summed E-state index contributed by atoms with van der Waals surface area (Å²) in [6.07, 6.45) is 0. The van der Waals surface area contributed by atoms with Crippen LogP contribution in [0.25, 0.3) is 10.8 Å². The van der Waals surface area contributed by atoms with Crippen molar-refractivity contribution < 1.29 is 19.1 Å². The number of hydrogen-bond donors (Lipinski definition) is 1. The number of carbonyl (C=O) groups is 2. The number of carbonyl (C=O) groups excluding carboxylic acids is 2. The smallest absolute Gasteiger partial charge is 0.342 e. The molecule has 0 spiro atoms. The van der Waals surface area contributed by atoms with Crippen LogP contribution in [0.1, 0.15) is 28.9 Å². The molecule has 138 valence electrons. The first-order valence-electron chi connectivity index (χ1n) is 8.66. The molecule has 0 saturated carbocycles. The molecule has 3 rings (SSSR count). The maximum atomic E-state index is 12.4. The quantitative estimate of drug-likeness (QED) is 0.675. The molecule has 0 heterocycles. The fourth-order valence-electron chi connectivity index (χ4n) is 2.86. The van der Waals surface area contributed by atoms with E-state index in [1.165, 1.54) is 7.11 Å². The zero-order valence-electron chi connectivity index (χ0n) is 15.3. The highest BCUT2D eigenvalue weighted by Crippen LogP contribution is 2.26. The molecule has 0 aliphatic carbocycles. The fraction of sp³-hybridized carbons (Fsp3) is 0.182. The standard InChI is InChI=1S/C22H21NO4/c1-15(16-8-4-3-5-9-16)23-21(24)14-27-22(25)19-12-17-10-6-7-11-18(17)13-20(19)26-2/h3-13,15H,14H2,1-2H3,(H,23,24)/t15-/m1/s1. The molecule has 1 N–H and O–H groups in total. The summed E-state index contributed by atoms with van der Waals surface area (Å²) < 4.78 is 10.5. The minimum absolute atomic E-state index is 0.174. The SMILES string of the molecule is COc1cc2ccccc2cc1C(=O)OCC(=O)N[C@H](C)c1ccccc1. The lowest BCUT2D eigenvalue weighted by atomic mass is 10.1. The first kappa shape index (κ1) is 18.5. The summed E-state index contributed by atoms with van der Waals surface area (Å²) in [6.45, 7) is 1.52. The van der Waals surface area contributed by atoms with Crippen molar-refractivity contribution in [1.29, 1.82) is 0 Å². The van der Waals surface area contributed by atoms with Gasteiger partial charge in [0.2, 0.25) is 0 Å². The van der Waals surface area contributed by atoms with Crippen molar-refractivity contribution in [3.63, 3.8) is 0 Å². The summed E-state index contributed by atoms with van der Waals surface area (Å²) in [5, 5.41) is 4.67. The molecule has 3 aromatic rings. The molecule has 3 aromatic carbocycles. The van der Waals surface area contributed by atoms with Crippen LogP contribution < -0.4 is 10.1 Å². The van der Waals surface area contributed by atoms with Gasteiger partial charge in [0.15, 0.2) is 6.61 Å². The molecule has 0 unspecified atom stereocenters. The van der Waals surface area contributed by atoms with Gasteiger partial charge in [0.05, 0.1) is 13.2 Å². The van der Waals surface area contributed by atoms with E-state index in [0.29, 0.717) is 11.3 Å². The Bertz CT molecular complexity index is 953. The zero-order valence-corrected chi connectivity index (χ0v) is 15.3. The average molecular weight is 363 g/mol. The lowest BCUT2D eigenvalue weighted by Crippen LogP contribution is -2.31. The van der Waals surface area contributed by atoms with Gasteiger partial charge in [-0.25, -0.2) is 4.79 Å². The molecule has 5 nitrogen and oxygen atoms in total. The van der Waals surface area contributed by atoms with Gasteiger partial charge >= 0.3 is 5.97 Å². The zero-order chi connectivity index (χ0) is 19.2. The maximum absolute atomic E-state index is 12.4. The second-order valence-corrected chi connectivity index (χ2v) is 6.18. The van der Waals surface area contributed by atoms with Crippen LogP contribution in [0.5, 0.6) is 5.75 Å². The van der Waals surface area contributed by atoms with Crippen LogP contribution in [0.15, 0.2) is 66.7 Å². The van der Waals surface area contributed by atoms with Crippen LogP contribution in [0.3, 0.4) is 0 Å². The van der Waals surface area contributed by atoms with Gasteiger partial charge in [-0.1, -0.05) is 54.6 Å². The van der Waals surface area contributed by atoms with Crippen molar-refractivity contribution in [2.45, 2.75) is 13.0 Å². The van der Waals surface area contributed by atoms with Crippen molar-refractivity contribution >= 4 is 22.6 Å². The van der Waals surface area contributed by atoms with Gasteiger partial charge in [0.1, 0.15) is 11.3 Å². The van der Waals surface area contributed by atoms with E-state index < -0.39 is 5.97 Å². The Balaban J connectivity index is 1.65. The number of methoxy groups -OCH3 is 1. The average Bonchev–Trinajstić information content (AvgIpc) is 2.71. The molecule has 0 radical (unpaired) electrons. The molecule has 0 aromatic heterocycles. The van der Waals surface area contributed by atoms with Gasteiger partial charge in [0.25, 0.3) is 5.91 Å². The number of rotatable bonds is 6. The number of hydrogen-bond acceptors (Lipinski definition) is 4. The Morgan fingerprint density at radius 1 is 0.963 bits per heavy atom. The molecule has 5 heteroatoms. The minimum Gasteiger partial charge on any atom is -0.496 e. The van der Waals surface area contributed by atoms with E-state index in [9.17, 15) is 9.59 Å². The van der Waals surface area contributed by atoms with Crippen LogP contribution >= 0.6 is 0 Å². The summed E-state index contributed by atoms with van der Waals surface area (Å²) in [7, 11) is 1.50. The van der Waals surface area contributed by atoms with Crippen molar-refractivity contribution in [2.24, 2.45) is 0 Å². The first-order chi connectivity index (χ1) is 13.1. The van der Waals surface area contributed by atoms with E-state index in [2.05, 4.69) is 5.32 Å². The molecule has 1 atom stereocenters. The van der Waals surface area contributed by atoms with Gasteiger partial charge in [0, 0.05) is 0 Å². The van der Waals surface area contributed by atoms with Gasteiger partial charge < -0.3 is 14.8 Å². The number of fused-ring (bicyclic) bond motifs is 1. The molecule has 0 saturated heterocycles. The van der Waals surface area contributed by atoms with Crippen LogP contribution in [0, 0.1) is 0 Å². The Morgan fingerprint density at radius 2 is 1.59 bits per heavy atom. The van der Waals surface area contributed by atoms with Gasteiger partial charge in [-0.15, -0.1) is 0 Å². The van der Waals surface area contributed by atoms with E-state index in [0.717, 1.165) is 16.3 Å². The molecule has 0 bridgehead atoms. The van der Waals surface area contributed by atoms with Crippen LogP contribution in [-0.4, -0.2) is 25.6 Å². The van der Waals surface area contributed by atoms with Crippen molar-refractivity contribution in [2.75, 3.05) is 13.7 Å². The number of ether oxygens (including phenoxy) is 2. The summed E-state index contributed by atoms with van der Waals surface area (Å²) in [4.78, 5) is 24.6. The number of benzene rings is 3. The molecular weight excluding hydrogens is 342 g/mol. The number of nitrogens with one attached hydrogen (secondary N) is 1. The monoisotopic (exact) mass is 363 g/mol. The number of esters is 1. The Morgan fingerprint density at radius 3 is 2.26 bits per heavy atom. The lowest BCUT2D eigenvalue weighted by molar-refractivity contribution is -0.124. The van der Waals surface area contributed by atoms with E-state index in [1.807, 2.05) is 61.5 Å². The van der Waals surface area contributed by atoms with Gasteiger partial charge in [-0.3, -0.25) is 4.79 Å². The summed E-state index contributed by atoms with van der Waals surface area (Å²) >= 11 is 0. The third kappa shape index (κ3) is 4.44. The Hall–Kier alpha value is -3.34. The molecular formula is C22H21NO4. The van der Waals surface area contributed by atoms with E-state index in [-0.39, 0.29) is 18.6 Å². The number of amides is 1. The highest BCUT2D eigenvalue weighted by Gasteiger charge is 2.17. The van der Waals surface area contributed by atoms with Crippen LogP contribution in [-0.2, 0) is 9.53 Å². The van der Waals surface area contributed by atoms with Crippen LogP contribution in [0.2, 0.25) is 0 Å². The molecule has 1 amide bonds. The van der Waals surface area contributed by atoms with Gasteiger partial charge in [-0.05, 0) is 35.4 Å². The van der Waals surface area contributed by atoms with Gasteiger partial charge in [-0.2, -0.15) is 0 Å². The summed E-state index contributed by atoms with van der Waals surface area (Å²) in [6, 6.07) is 20.5. The normalized spacial score (nSPS) is 11.6. The molecule has 0 aliphatic heterocycles. The topological polar surface area (TPSA) is 64.6 Å². The fourth-order valence-corrected chi connectivity index (χ4v) is 2.86. The summed E-state index contributed by atoms with van der Waals surface area (Å²) in [5.74, 6) is -0.545. The van der Waals surface area contributed by atoms with Crippen LogP contribution in [0.4, 0.5) is 0 Å². The second-order valence-electron chi connectivity index (χ2n) is 6.18. The Labute approximate surface area is 157 Å². The largest absolute Gasteiger partial charge is 0.496 e. The predicted molar refractivity (Wildman–Crippen MR) is 104 cm³/mol. The van der Waals surface area contributed by atoms with Crippen molar-refractivity contribution in [1.82, 2.24) is 5.32 Å². The van der Waals surface area contributed by atoms with Crippen molar-refractivity contribution in [3.05, 3.63) is 77.9 Å². The molecule has 0 aliphatic rings. The Kier molecular flexibility index (Phi) is 5.71. The second kappa shape index (κ2) is 8.36. The molecule has 27 heavy (non-hydrogen) atoms. The summed E-state index contributed by atoms with van der Waals surface area (Å²) in [5.41, 5.74) is 1.27. The predicted octanol–water partition coefficient (Wildman–Crippen LogP) is 3.88. The third-order valence-electron chi connectivity index (χ3n) is 4.30. The van der Waals surface area contributed by atoms with Crippen molar-refractivity contribution in [3.8, 4) is 5.75 Å². The van der Waals surface area contributed by atoms with E-state index >= 15 is 0 Å². The van der Waals surface area contributed by atoms with E-state index in [4.69, 9.17) is 9.47 Å². The third-order valence-corrected chi connectivity index (χ3v) is 4.30. The minimum atomic E-state index is -0.597. The van der Waals surface area contributed by atoms with E-state index in [1.54, 1.807) is 12.1 Å². The first-order valence-corrected chi connectivity index (χ1v) is 8.66. The lowest BCUT2D eigenvalue weighted by Gasteiger charge is -2.15. The highest BCUT2D eigenvalue weighted by atomic mass is 16.5.